The molecule has 42 heavy (non-hydrogen) atoms. The summed E-state index contributed by atoms with van der Waals surface area (Å²) >= 11 is 0. The van der Waals surface area contributed by atoms with Gasteiger partial charge in [0.2, 0.25) is 0 Å². The summed E-state index contributed by atoms with van der Waals surface area (Å²) in [4.78, 5) is 21.7. The number of ether oxygens (including phenoxy) is 1. The molecule has 8 nitrogen and oxygen atoms in total. The number of pyridine rings is 1. The lowest BCUT2D eigenvalue weighted by Crippen LogP contribution is -2.46. The predicted octanol–water partition coefficient (Wildman–Crippen LogP) is 6.27. The van der Waals surface area contributed by atoms with Crippen LogP contribution in [0.5, 0.6) is 5.75 Å². The summed E-state index contributed by atoms with van der Waals surface area (Å²) in [7, 11) is -2.11. The van der Waals surface area contributed by atoms with E-state index in [1.807, 2.05) is 30.3 Å². The van der Waals surface area contributed by atoms with Crippen LogP contribution in [-0.2, 0) is 4.43 Å². The van der Waals surface area contributed by atoms with Crippen molar-refractivity contribution < 1.29 is 18.3 Å². The Kier molecular flexibility index (Phi) is 9.86. The Labute approximate surface area is 249 Å². The zero-order valence-corrected chi connectivity index (χ0v) is 26.1. The molecule has 0 aliphatic carbocycles. The number of benzene rings is 2. The van der Waals surface area contributed by atoms with Crippen LogP contribution in [0.25, 0.3) is 0 Å². The number of nitrogens with zero attached hydrogens (tertiary/aromatic N) is 4. The molecule has 1 atom stereocenters. The van der Waals surface area contributed by atoms with Crippen LogP contribution in [0.1, 0.15) is 36.7 Å². The minimum Gasteiger partial charge on any atom is -0.491 e. The van der Waals surface area contributed by atoms with Crippen LogP contribution in [0.3, 0.4) is 0 Å². The van der Waals surface area contributed by atoms with Gasteiger partial charge in [-0.15, -0.1) is 0 Å². The molecular formula is C32H40FN5O3Si. The minimum atomic E-state index is -2.11. The fourth-order valence-corrected chi connectivity index (χ4v) is 5.70. The van der Waals surface area contributed by atoms with Crippen LogP contribution in [-0.4, -0.2) is 64.8 Å². The summed E-state index contributed by atoms with van der Waals surface area (Å²) in [6, 6.07) is 20.4. The first kappa shape index (κ1) is 31.0. The molecule has 1 aliphatic rings. The summed E-state index contributed by atoms with van der Waals surface area (Å²) in [6.45, 7) is 13.4. The summed E-state index contributed by atoms with van der Waals surface area (Å²) in [5, 5.41) is 11.9. The Balaban J connectivity index is 1.25. The molecule has 10 heteroatoms. The number of hydrogen-bond donors (Lipinski definition) is 1. The highest BCUT2D eigenvalue weighted by Gasteiger charge is 2.39. The van der Waals surface area contributed by atoms with Gasteiger partial charge in [-0.05, 0) is 78.8 Å². The van der Waals surface area contributed by atoms with Crippen molar-refractivity contribution in [2.75, 3.05) is 54.6 Å². The van der Waals surface area contributed by atoms with Crippen LogP contribution in [0, 0.1) is 11.3 Å². The Bertz CT molecular complexity index is 1360. The van der Waals surface area contributed by atoms with E-state index in [9.17, 15) is 9.18 Å². The number of halogens is 1. The molecule has 4 rings (SSSR count). The molecule has 1 aromatic heterocycles. The highest BCUT2D eigenvalue weighted by molar-refractivity contribution is 6.74. The van der Waals surface area contributed by atoms with E-state index < -0.39 is 21.1 Å². The SMILES string of the molecule is CC(C)(C)[Si](C)(C)OC(CF)COc1ccc(C(=O)Nc2ccc(N3CCN(c4ccc(C#N)cn4)CC3)cc2)cc1. The Hall–Kier alpha value is -3.94. The van der Waals surface area contributed by atoms with Gasteiger partial charge in [0.1, 0.15) is 37.0 Å². The van der Waals surface area contributed by atoms with Gasteiger partial charge < -0.3 is 24.3 Å². The number of aromatic nitrogens is 1. The predicted molar refractivity (Wildman–Crippen MR) is 168 cm³/mol. The van der Waals surface area contributed by atoms with E-state index in [2.05, 4.69) is 60.0 Å². The largest absolute Gasteiger partial charge is 0.491 e. The third-order valence-electron chi connectivity index (χ3n) is 7.96. The second-order valence-electron chi connectivity index (χ2n) is 12.0. The van der Waals surface area contributed by atoms with Crippen LogP contribution in [0.15, 0.2) is 66.9 Å². The molecule has 222 valence electrons. The van der Waals surface area contributed by atoms with Gasteiger partial charge in [0.05, 0.1) is 5.56 Å². The van der Waals surface area contributed by atoms with E-state index in [1.165, 1.54) is 0 Å². The van der Waals surface area contributed by atoms with E-state index in [1.54, 1.807) is 36.5 Å². The van der Waals surface area contributed by atoms with E-state index in [4.69, 9.17) is 14.4 Å². The molecule has 1 unspecified atom stereocenters. The first-order chi connectivity index (χ1) is 20.0. The zero-order valence-electron chi connectivity index (χ0n) is 25.1. The van der Waals surface area contributed by atoms with Crippen molar-refractivity contribution in [3.05, 3.63) is 78.0 Å². The van der Waals surface area contributed by atoms with Crippen molar-refractivity contribution in [1.29, 1.82) is 5.26 Å². The first-order valence-corrected chi connectivity index (χ1v) is 17.1. The number of anilines is 3. The molecule has 0 spiro atoms. The van der Waals surface area contributed by atoms with Crippen molar-refractivity contribution in [3.63, 3.8) is 0 Å². The lowest BCUT2D eigenvalue weighted by atomic mass is 10.2. The maximum absolute atomic E-state index is 13.6. The Morgan fingerprint density at radius 2 is 1.67 bits per heavy atom. The molecule has 0 saturated carbocycles. The molecule has 2 aromatic carbocycles. The highest BCUT2D eigenvalue weighted by Crippen LogP contribution is 2.37. The average molecular weight is 590 g/mol. The van der Waals surface area contributed by atoms with Crippen molar-refractivity contribution in [2.45, 2.75) is 45.0 Å². The van der Waals surface area contributed by atoms with Gasteiger partial charge in [0, 0.05) is 49.3 Å². The van der Waals surface area contributed by atoms with Gasteiger partial charge in [-0.1, -0.05) is 20.8 Å². The molecule has 1 saturated heterocycles. The second-order valence-corrected chi connectivity index (χ2v) is 16.7. The molecule has 1 N–H and O–H groups in total. The number of carbonyl (C=O) groups is 1. The van der Waals surface area contributed by atoms with E-state index in [-0.39, 0.29) is 17.6 Å². The summed E-state index contributed by atoms with van der Waals surface area (Å²) in [5.74, 6) is 1.22. The maximum atomic E-state index is 13.6. The molecular weight excluding hydrogens is 549 g/mol. The molecule has 1 aliphatic heterocycles. The standard InChI is InChI=1S/C32H40FN5O3Si/c1-32(2,3)42(4,5)41-29(20-33)23-40-28-13-7-25(8-14-28)31(39)36-26-9-11-27(12-10-26)37-16-18-38(19-17-37)30-15-6-24(21-34)22-35-30/h6-15,22,29H,16-20,23H2,1-5H3,(H,36,39). The molecule has 1 fully saturated rings. The van der Waals surface area contributed by atoms with Crippen molar-refractivity contribution >= 4 is 31.4 Å². The topological polar surface area (TPSA) is 90.7 Å². The maximum Gasteiger partial charge on any atom is 0.255 e. The fraction of sp³-hybridized carbons (Fsp3) is 0.406. The highest BCUT2D eigenvalue weighted by atomic mass is 28.4. The number of hydrogen-bond acceptors (Lipinski definition) is 7. The molecule has 1 amide bonds. The van der Waals surface area contributed by atoms with Crippen LogP contribution in [0.2, 0.25) is 18.1 Å². The van der Waals surface area contributed by atoms with Crippen LogP contribution >= 0.6 is 0 Å². The van der Waals surface area contributed by atoms with Crippen LogP contribution < -0.4 is 19.9 Å². The number of nitriles is 1. The smallest absolute Gasteiger partial charge is 0.255 e. The number of nitrogens with one attached hydrogen (secondary N) is 1. The van der Waals surface area contributed by atoms with Crippen molar-refractivity contribution in [1.82, 2.24) is 4.98 Å². The third-order valence-corrected chi connectivity index (χ3v) is 12.5. The van der Waals surface area contributed by atoms with E-state index in [0.29, 0.717) is 22.6 Å². The summed E-state index contributed by atoms with van der Waals surface area (Å²) in [6.07, 6.45) is 0.980. The van der Waals surface area contributed by atoms with Crippen molar-refractivity contribution in [2.24, 2.45) is 0 Å². The monoisotopic (exact) mass is 589 g/mol. The lowest BCUT2D eigenvalue weighted by Gasteiger charge is -2.38. The number of carbonyl (C=O) groups excluding carboxylic acids is 1. The lowest BCUT2D eigenvalue weighted by molar-refractivity contribution is 0.0919. The fourth-order valence-electron chi connectivity index (χ4n) is 4.39. The van der Waals surface area contributed by atoms with Gasteiger partial charge in [0.15, 0.2) is 8.32 Å². The molecule has 0 bridgehead atoms. The average Bonchev–Trinajstić information content (AvgIpc) is 2.99. The molecule has 2 heterocycles. The number of rotatable bonds is 10. The van der Waals surface area contributed by atoms with Crippen LogP contribution in [0.4, 0.5) is 21.6 Å². The van der Waals surface area contributed by atoms with Gasteiger partial charge in [-0.3, -0.25) is 4.79 Å². The molecule has 0 radical (unpaired) electrons. The molecule has 3 aromatic rings. The number of piperazine rings is 1. The number of alkyl halides is 1. The summed E-state index contributed by atoms with van der Waals surface area (Å²) in [5.41, 5.74) is 2.85. The van der Waals surface area contributed by atoms with E-state index in [0.717, 1.165) is 37.7 Å². The normalized spacial score (nSPS) is 14.7. The zero-order chi connectivity index (χ0) is 30.3. The first-order valence-electron chi connectivity index (χ1n) is 14.2. The second kappa shape index (κ2) is 13.4. The van der Waals surface area contributed by atoms with Gasteiger partial charge in [0.25, 0.3) is 5.91 Å². The van der Waals surface area contributed by atoms with Crippen molar-refractivity contribution in [3.8, 4) is 11.8 Å². The van der Waals surface area contributed by atoms with Gasteiger partial charge in [-0.2, -0.15) is 5.26 Å². The third kappa shape index (κ3) is 7.87. The number of amides is 1. The minimum absolute atomic E-state index is 0.0167. The van der Waals surface area contributed by atoms with Gasteiger partial charge in [-0.25, -0.2) is 9.37 Å². The Morgan fingerprint density at radius 3 is 2.21 bits per heavy atom. The Morgan fingerprint density at radius 1 is 1.02 bits per heavy atom. The van der Waals surface area contributed by atoms with Gasteiger partial charge >= 0.3 is 0 Å². The van der Waals surface area contributed by atoms with E-state index >= 15 is 0 Å². The quantitative estimate of drug-likeness (QED) is 0.279. The summed E-state index contributed by atoms with van der Waals surface area (Å²) < 4.78 is 25.6.